The zero-order valence-electron chi connectivity index (χ0n) is 13.1. The van der Waals surface area contributed by atoms with E-state index >= 15 is 0 Å². The number of nitrogens with zero attached hydrogens (tertiary/aromatic N) is 3. The fourth-order valence-corrected chi connectivity index (χ4v) is 4.42. The number of aromatic nitrogens is 1. The van der Waals surface area contributed by atoms with Crippen LogP contribution < -0.4 is 4.90 Å². The molecule has 2 saturated heterocycles. The molecule has 128 valence electrons. The van der Waals surface area contributed by atoms with Crippen LogP contribution in [0.25, 0.3) is 0 Å². The number of morpholine rings is 1. The van der Waals surface area contributed by atoms with Gasteiger partial charge in [-0.3, -0.25) is 0 Å². The molecule has 0 aliphatic carbocycles. The molecule has 0 aromatic carbocycles. The number of hydrogen-bond acceptors (Lipinski definition) is 6. The first-order valence-electron chi connectivity index (χ1n) is 8.01. The second-order valence-corrected chi connectivity index (χ2v) is 7.94. The Labute approximate surface area is 136 Å². The highest BCUT2D eigenvalue weighted by Crippen LogP contribution is 2.23. The number of aliphatic hydroxyl groups excluding tert-OH is 1. The quantitative estimate of drug-likeness (QED) is 0.849. The lowest BCUT2D eigenvalue weighted by molar-refractivity contribution is 0.0730. The molecule has 0 radical (unpaired) electrons. The third-order valence-corrected chi connectivity index (χ3v) is 6.31. The minimum absolute atomic E-state index is 0.181. The zero-order valence-corrected chi connectivity index (χ0v) is 13.9. The van der Waals surface area contributed by atoms with Crippen molar-refractivity contribution in [1.82, 2.24) is 9.29 Å². The average molecular weight is 341 g/mol. The third kappa shape index (κ3) is 3.65. The number of piperidine rings is 1. The molecule has 1 N–H and O–H groups in total. The van der Waals surface area contributed by atoms with Crippen molar-refractivity contribution in [3.05, 3.63) is 18.3 Å². The third-order valence-electron chi connectivity index (χ3n) is 4.43. The standard InChI is InChI=1S/C15H23N3O4S/c19-12-13-2-1-5-17(11-13)15-4-3-14(10-16-15)23(20,21)18-6-8-22-9-7-18/h3-4,10,13,19H,1-2,5-9,11-12H2/t13-/m1/s1. The van der Waals surface area contributed by atoms with E-state index in [1.165, 1.54) is 10.5 Å². The molecule has 0 amide bonds. The van der Waals surface area contributed by atoms with E-state index in [1.54, 1.807) is 12.1 Å². The van der Waals surface area contributed by atoms with Gasteiger partial charge in [-0.25, -0.2) is 13.4 Å². The summed E-state index contributed by atoms with van der Waals surface area (Å²) in [5.41, 5.74) is 0. The fraction of sp³-hybridized carbons (Fsp3) is 0.667. The molecule has 0 bridgehead atoms. The van der Waals surface area contributed by atoms with Gasteiger partial charge in [0.2, 0.25) is 10.0 Å². The Balaban J connectivity index is 1.73. The highest BCUT2D eigenvalue weighted by Gasteiger charge is 2.27. The van der Waals surface area contributed by atoms with Gasteiger partial charge in [0, 0.05) is 39.0 Å². The van der Waals surface area contributed by atoms with Crippen LogP contribution in [0.1, 0.15) is 12.8 Å². The lowest BCUT2D eigenvalue weighted by Gasteiger charge is -2.32. The number of ether oxygens (including phenoxy) is 1. The van der Waals surface area contributed by atoms with E-state index in [9.17, 15) is 13.5 Å². The summed E-state index contributed by atoms with van der Waals surface area (Å²) in [6.45, 7) is 3.46. The van der Waals surface area contributed by atoms with Gasteiger partial charge >= 0.3 is 0 Å². The smallest absolute Gasteiger partial charge is 0.244 e. The lowest BCUT2D eigenvalue weighted by atomic mass is 9.99. The minimum Gasteiger partial charge on any atom is -0.396 e. The molecule has 8 heteroatoms. The molecular formula is C15H23N3O4S. The van der Waals surface area contributed by atoms with Gasteiger partial charge in [0.15, 0.2) is 0 Å². The van der Waals surface area contributed by atoms with E-state index in [0.717, 1.165) is 31.7 Å². The second kappa shape index (κ2) is 7.12. The molecule has 0 saturated carbocycles. The van der Waals surface area contributed by atoms with Crippen LogP contribution in [0, 0.1) is 5.92 Å². The van der Waals surface area contributed by atoms with Gasteiger partial charge in [0.25, 0.3) is 0 Å². The number of aliphatic hydroxyl groups is 1. The molecule has 1 aromatic rings. The van der Waals surface area contributed by atoms with Crippen molar-refractivity contribution < 1.29 is 18.3 Å². The van der Waals surface area contributed by atoms with Crippen molar-refractivity contribution in [2.45, 2.75) is 17.7 Å². The zero-order chi connectivity index (χ0) is 16.3. The van der Waals surface area contributed by atoms with Crippen LogP contribution in [-0.4, -0.2) is 68.8 Å². The summed E-state index contributed by atoms with van der Waals surface area (Å²) < 4.78 is 31.8. The molecule has 1 atom stereocenters. The van der Waals surface area contributed by atoms with Crippen LogP contribution in [0.3, 0.4) is 0 Å². The minimum atomic E-state index is -3.49. The Bertz CT molecular complexity index is 614. The largest absolute Gasteiger partial charge is 0.396 e. The predicted molar refractivity (Wildman–Crippen MR) is 85.8 cm³/mol. The van der Waals surface area contributed by atoms with Crippen molar-refractivity contribution in [3.8, 4) is 0 Å². The van der Waals surface area contributed by atoms with Gasteiger partial charge in [-0.15, -0.1) is 0 Å². The van der Waals surface area contributed by atoms with Crippen LogP contribution in [0.15, 0.2) is 23.2 Å². The number of hydrogen-bond donors (Lipinski definition) is 1. The number of pyridine rings is 1. The van der Waals surface area contributed by atoms with E-state index in [1.807, 2.05) is 0 Å². The molecule has 0 spiro atoms. The summed E-state index contributed by atoms with van der Waals surface area (Å²) in [4.78, 5) is 6.67. The van der Waals surface area contributed by atoms with Gasteiger partial charge in [0.1, 0.15) is 10.7 Å². The Morgan fingerprint density at radius 1 is 1.26 bits per heavy atom. The summed E-state index contributed by atoms with van der Waals surface area (Å²) in [7, 11) is -3.49. The lowest BCUT2D eigenvalue weighted by Crippen LogP contribution is -2.40. The van der Waals surface area contributed by atoms with Crippen LogP contribution in [-0.2, 0) is 14.8 Å². The summed E-state index contributed by atoms with van der Waals surface area (Å²) in [6.07, 6.45) is 3.47. The molecule has 2 aliphatic rings. The number of rotatable bonds is 4. The molecule has 23 heavy (non-hydrogen) atoms. The number of anilines is 1. The first-order chi connectivity index (χ1) is 11.1. The summed E-state index contributed by atoms with van der Waals surface area (Å²) in [6, 6.07) is 3.38. The normalized spacial score (nSPS) is 23.9. The van der Waals surface area contributed by atoms with E-state index in [4.69, 9.17) is 4.74 Å². The Kier molecular flexibility index (Phi) is 5.15. The van der Waals surface area contributed by atoms with Crippen molar-refractivity contribution in [2.24, 2.45) is 5.92 Å². The molecule has 2 fully saturated rings. The summed E-state index contributed by atoms with van der Waals surface area (Å²) in [5, 5.41) is 9.31. The van der Waals surface area contributed by atoms with E-state index in [2.05, 4.69) is 9.88 Å². The molecule has 7 nitrogen and oxygen atoms in total. The van der Waals surface area contributed by atoms with E-state index in [0.29, 0.717) is 26.3 Å². The molecule has 3 heterocycles. The van der Waals surface area contributed by atoms with Crippen LogP contribution in [0.4, 0.5) is 5.82 Å². The van der Waals surface area contributed by atoms with Crippen molar-refractivity contribution in [3.63, 3.8) is 0 Å². The first-order valence-corrected chi connectivity index (χ1v) is 9.45. The molecule has 0 unspecified atom stereocenters. The highest BCUT2D eigenvalue weighted by molar-refractivity contribution is 7.89. The Morgan fingerprint density at radius 3 is 2.70 bits per heavy atom. The van der Waals surface area contributed by atoms with Crippen molar-refractivity contribution >= 4 is 15.8 Å². The maximum absolute atomic E-state index is 12.6. The highest BCUT2D eigenvalue weighted by atomic mass is 32.2. The van der Waals surface area contributed by atoms with E-state index in [-0.39, 0.29) is 17.4 Å². The van der Waals surface area contributed by atoms with Gasteiger partial charge < -0.3 is 14.7 Å². The summed E-state index contributed by atoms with van der Waals surface area (Å²) >= 11 is 0. The monoisotopic (exact) mass is 341 g/mol. The first kappa shape index (κ1) is 16.6. The fourth-order valence-electron chi connectivity index (χ4n) is 3.07. The molecular weight excluding hydrogens is 318 g/mol. The van der Waals surface area contributed by atoms with Gasteiger partial charge in [-0.1, -0.05) is 0 Å². The topological polar surface area (TPSA) is 83.0 Å². The van der Waals surface area contributed by atoms with Gasteiger partial charge in [-0.05, 0) is 30.9 Å². The predicted octanol–water partition coefficient (Wildman–Crippen LogP) is 0.311. The maximum Gasteiger partial charge on any atom is 0.244 e. The van der Waals surface area contributed by atoms with Crippen molar-refractivity contribution in [1.29, 1.82) is 0 Å². The number of sulfonamides is 1. The van der Waals surface area contributed by atoms with Gasteiger partial charge in [0.05, 0.1) is 13.2 Å². The second-order valence-electron chi connectivity index (χ2n) is 6.01. The summed E-state index contributed by atoms with van der Waals surface area (Å²) in [5.74, 6) is 1.03. The maximum atomic E-state index is 12.6. The SMILES string of the molecule is O=S(=O)(c1ccc(N2CCC[C@@H](CO)C2)nc1)N1CCOCC1. The van der Waals surface area contributed by atoms with Crippen LogP contribution in [0.5, 0.6) is 0 Å². The van der Waals surface area contributed by atoms with E-state index < -0.39 is 10.0 Å². The Morgan fingerprint density at radius 2 is 2.04 bits per heavy atom. The van der Waals surface area contributed by atoms with Crippen LogP contribution >= 0.6 is 0 Å². The molecule has 1 aromatic heterocycles. The van der Waals surface area contributed by atoms with Crippen molar-refractivity contribution in [2.75, 3.05) is 50.9 Å². The van der Waals surface area contributed by atoms with Gasteiger partial charge in [-0.2, -0.15) is 4.31 Å². The molecule has 3 rings (SSSR count). The average Bonchev–Trinajstić information content (AvgIpc) is 2.62. The van der Waals surface area contributed by atoms with Crippen LogP contribution in [0.2, 0.25) is 0 Å². The Hall–Kier alpha value is -1.22. The molecule has 2 aliphatic heterocycles.